The molecule has 2 aromatic carbocycles. The molecule has 0 aliphatic carbocycles. The van der Waals surface area contributed by atoms with Gasteiger partial charge in [0.2, 0.25) is 0 Å². The highest BCUT2D eigenvalue weighted by atomic mass is 16.7. The van der Waals surface area contributed by atoms with Crippen molar-refractivity contribution in [1.29, 1.82) is 0 Å². The fourth-order valence-corrected chi connectivity index (χ4v) is 4.83. The Labute approximate surface area is 218 Å². The summed E-state index contributed by atoms with van der Waals surface area (Å²) in [5, 5.41) is 10.3. The molecule has 1 fully saturated rings. The zero-order valence-corrected chi connectivity index (χ0v) is 23.6. The molecule has 1 unspecified atom stereocenters. The van der Waals surface area contributed by atoms with Gasteiger partial charge in [0.25, 0.3) is 0 Å². The third kappa shape index (κ3) is 6.32. The molecular weight excluding hydrogens is 448 g/mol. The SMILES string of the molecule is CCC(CC)(c1ccc(C#CC(O)C(C)(C)C)c(C)c1)c1ccc(OC[C@@H]2COC(C)(C)O2)c(C)c1. The summed E-state index contributed by atoms with van der Waals surface area (Å²) in [5.74, 6) is 6.56. The predicted molar refractivity (Wildman–Crippen MR) is 146 cm³/mol. The Hall–Kier alpha value is -2.32. The van der Waals surface area contributed by atoms with E-state index in [0.29, 0.717) is 13.2 Å². The molecule has 0 amide bonds. The number of hydrogen-bond acceptors (Lipinski definition) is 4. The first-order valence-electron chi connectivity index (χ1n) is 13.2. The van der Waals surface area contributed by atoms with Crippen LogP contribution in [0, 0.1) is 31.1 Å². The topological polar surface area (TPSA) is 47.9 Å². The summed E-state index contributed by atoms with van der Waals surface area (Å²) in [6, 6.07) is 13.1. The van der Waals surface area contributed by atoms with Crippen LogP contribution in [0.1, 0.15) is 89.1 Å². The fraction of sp³-hybridized carbons (Fsp3) is 0.562. The Bertz CT molecular complexity index is 1110. The maximum absolute atomic E-state index is 10.3. The quantitative estimate of drug-likeness (QED) is 0.437. The third-order valence-electron chi connectivity index (χ3n) is 7.37. The number of benzene rings is 2. The molecule has 4 heteroatoms. The van der Waals surface area contributed by atoms with Gasteiger partial charge in [-0.2, -0.15) is 0 Å². The molecule has 4 nitrogen and oxygen atoms in total. The van der Waals surface area contributed by atoms with Gasteiger partial charge in [0, 0.05) is 11.0 Å². The molecular formula is C32H44O4. The standard InChI is InChI=1S/C32H44O4/c1-10-32(11-2,25-14-12-24(22(3)18-25)13-17-29(33)30(5,6)7)26-15-16-28(23(4)19-26)34-20-27-21-35-31(8,9)36-27/h12,14-16,18-19,27,29,33H,10-11,20-21H2,1-9H3/t27-,29?/m1/s1. The molecule has 1 N–H and O–H groups in total. The first kappa shape index (κ1) is 28.3. The minimum Gasteiger partial charge on any atom is -0.491 e. The van der Waals surface area contributed by atoms with Gasteiger partial charge in [-0.3, -0.25) is 0 Å². The van der Waals surface area contributed by atoms with E-state index in [0.717, 1.165) is 35.3 Å². The summed E-state index contributed by atoms with van der Waals surface area (Å²) in [4.78, 5) is 0. The number of aliphatic hydroxyl groups excluding tert-OH is 1. The van der Waals surface area contributed by atoms with Crippen LogP contribution in [0.3, 0.4) is 0 Å². The number of rotatable bonds is 7. The average Bonchev–Trinajstić information content (AvgIpc) is 3.16. The second-order valence-corrected chi connectivity index (χ2v) is 11.6. The van der Waals surface area contributed by atoms with Crippen molar-refractivity contribution in [2.75, 3.05) is 13.2 Å². The van der Waals surface area contributed by atoms with Gasteiger partial charge in [0.15, 0.2) is 5.79 Å². The van der Waals surface area contributed by atoms with Crippen molar-refractivity contribution in [2.45, 2.75) is 98.6 Å². The molecule has 3 rings (SSSR count). The summed E-state index contributed by atoms with van der Waals surface area (Å²) in [5.41, 5.74) is 5.43. The summed E-state index contributed by atoms with van der Waals surface area (Å²) >= 11 is 0. The van der Waals surface area contributed by atoms with Gasteiger partial charge in [-0.15, -0.1) is 0 Å². The number of aliphatic hydroxyl groups is 1. The minimum atomic E-state index is -0.662. The van der Waals surface area contributed by atoms with Crippen LogP contribution in [0.2, 0.25) is 0 Å². The van der Waals surface area contributed by atoms with Gasteiger partial charge in [-0.1, -0.05) is 70.7 Å². The monoisotopic (exact) mass is 492 g/mol. The minimum absolute atomic E-state index is 0.0569. The zero-order valence-electron chi connectivity index (χ0n) is 23.6. The van der Waals surface area contributed by atoms with Gasteiger partial charge < -0.3 is 19.3 Å². The molecule has 0 spiro atoms. The molecule has 0 saturated carbocycles. The van der Waals surface area contributed by atoms with E-state index >= 15 is 0 Å². The highest BCUT2D eigenvalue weighted by Crippen LogP contribution is 2.41. The first-order valence-corrected chi connectivity index (χ1v) is 13.2. The van der Waals surface area contributed by atoms with E-state index in [1.165, 1.54) is 11.1 Å². The van der Waals surface area contributed by atoms with Crippen molar-refractivity contribution in [3.63, 3.8) is 0 Å². The van der Waals surface area contributed by atoms with Crippen LogP contribution >= 0.6 is 0 Å². The molecule has 1 aliphatic heterocycles. The van der Waals surface area contributed by atoms with Gasteiger partial charge in [0.1, 0.15) is 24.6 Å². The van der Waals surface area contributed by atoms with Gasteiger partial charge in [-0.05, 0) is 80.3 Å². The van der Waals surface area contributed by atoms with Crippen LogP contribution in [0.15, 0.2) is 36.4 Å². The predicted octanol–water partition coefficient (Wildman–Crippen LogP) is 6.70. The molecule has 0 radical (unpaired) electrons. The summed E-state index contributed by atoms with van der Waals surface area (Å²) in [6.07, 6.45) is 1.25. The number of hydrogen-bond donors (Lipinski definition) is 1. The second kappa shape index (κ2) is 11.0. The van der Waals surface area contributed by atoms with Gasteiger partial charge in [0.05, 0.1) is 6.61 Å². The van der Waals surface area contributed by atoms with E-state index in [-0.39, 0.29) is 16.9 Å². The lowest BCUT2D eigenvalue weighted by Gasteiger charge is -2.34. The molecule has 196 valence electrons. The van der Waals surface area contributed by atoms with Crippen LogP contribution in [-0.2, 0) is 14.9 Å². The molecule has 0 aromatic heterocycles. The zero-order chi connectivity index (χ0) is 26.7. The lowest BCUT2D eigenvalue weighted by molar-refractivity contribution is -0.141. The van der Waals surface area contributed by atoms with Crippen LogP contribution < -0.4 is 4.74 Å². The molecule has 1 saturated heterocycles. The smallest absolute Gasteiger partial charge is 0.163 e. The molecule has 36 heavy (non-hydrogen) atoms. The number of ether oxygens (including phenoxy) is 3. The molecule has 2 atom stereocenters. The van der Waals surface area contributed by atoms with Crippen LogP contribution in [0.25, 0.3) is 0 Å². The highest BCUT2D eigenvalue weighted by Gasteiger charge is 2.34. The van der Waals surface area contributed by atoms with E-state index in [1.807, 2.05) is 34.6 Å². The van der Waals surface area contributed by atoms with Crippen LogP contribution in [0.4, 0.5) is 0 Å². The van der Waals surface area contributed by atoms with E-state index in [9.17, 15) is 5.11 Å². The lowest BCUT2D eigenvalue weighted by Crippen LogP contribution is -2.27. The normalized spacial score (nSPS) is 18.4. The van der Waals surface area contributed by atoms with Crippen molar-refractivity contribution >= 4 is 0 Å². The van der Waals surface area contributed by atoms with Crippen molar-refractivity contribution < 1.29 is 19.3 Å². The molecule has 1 aliphatic rings. The fourth-order valence-electron chi connectivity index (χ4n) is 4.83. The van der Waals surface area contributed by atoms with E-state index in [1.54, 1.807) is 0 Å². The summed E-state index contributed by atoms with van der Waals surface area (Å²) in [6.45, 7) is 19.6. The van der Waals surface area contributed by atoms with Crippen LogP contribution in [-0.4, -0.2) is 36.3 Å². The van der Waals surface area contributed by atoms with E-state index in [2.05, 4.69) is 75.9 Å². The lowest BCUT2D eigenvalue weighted by atomic mass is 9.70. The molecule has 1 heterocycles. The molecule has 2 aromatic rings. The average molecular weight is 493 g/mol. The van der Waals surface area contributed by atoms with Crippen LogP contribution in [0.5, 0.6) is 5.75 Å². The summed E-state index contributed by atoms with van der Waals surface area (Å²) < 4.78 is 17.6. The Morgan fingerprint density at radius 1 is 1.03 bits per heavy atom. The van der Waals surface area contributed by atoms with E-state index < -0.39 is 11.9 Å². The van der Waals surface area contributed by atoms with Gasteiger partial charge >= 0.3 is 0 Å². The van der Waals surface area contributed by atoms with Crippen molar-refractivity contribution in [3.8, 4) is 17.6 Å². The maximum atomic E-state index is 10.3. The first-order chi connectivity index (χ1) is 16.8. The largest absolute Gasteiger partial charge is 0.491 e. The Morgan fingerprint density at radius 2 is 1.64 bits per heavy atom. The van der Waals surface area contributed by atoms with Crippen molar-refractivity contribution in [1.82, 2.24) is 0 Å². The molecule has 0 bridgehead atoms. The van der Waals surface area contributed by atoms with E-state index in [4.69, 9.17) is 14.2 Å². The highest BCUT2D eigenvalue weighted by molar-refractivity contribution is 5.50. The Morgan fingerprint density at radius 3 is 2.14 bits per heavy atom. The Kier molecular flexibility index (Phi) is 8.61. The van der Waals surface area contributed by atoms with Crippen molar-refractivity contribution in [3.05, 3.63) is 64.2 Å². The number of aryl methyl sites for hydroxylation is 2. The third-order valence-corrected chi connectivity index (χ3v) is 7.37. The second-order valence-electron chi connectivity index (χ2n) is 11.6. The van der Waals surface area contributed by atoms with Crippen molar-refractivity contribution in [2.24, 2.45) is 5.41 Å². The maximum Gasteiger partial charge on any atom is 0.163 e. The van der Waals surface area contributed by atoms with Gasteiger partial charge in [-0.25, -0.2) is 0 Å². The Balaban J connectivity index is 1.84. The summed E-state index contributed by atoms with van der Waals surface area (Å²) in [7, 11) is 0.